The molecule has 6 aromatic carbocycles. The number of furan rings is 1. The molecule has 4 aromatic heterocycles. The largest absolute Gasteiger partial charge is 0.500 e. The van der Waals surface area contributed by atoms with Crippen LogP contribution in [0.4, 0.5) is 4.39 Å². The minimum atomic E-state index is -1.34. The molecular weight excluding hydrogens is 960 g/mol. The van der Waals surface area contributed by atoms with E-state index in [1.54, 1.807) is 18.5 Å². The molecule has 10 rings (SSSR count). The molecule has 4 heterocycles. The first-order chi connectivity index (χ1) is 29.6. The summed E-state index contributed by atoms with van der Waals surface area (Å²) in [6.45, 7) is 11.7. The number of hydrogen-bond donors (Lipinski definition) is 0. The van der Waals surface area contributed by atoms with Crippen LogP contribution in [-0.4, -0.2) is 27.6 Å². The SMILES string of the molecule is CC(C)Cc1cc(-c2[c-]cccc2)ncc1[Si](C)(C)C.Fc1cccc2nc(-c3[c-]ccc4c3oc3ccncc34)n(-c3cc(-c4ccccc4)ccc3-c3ccccc3)c12.[Ir]. The van der Waals surface area contributed by atoms with Gasteiger partial charge >= 0.3 is 0 Å². The average Bonchev–Trinajstić information content (AvgIpc) is 3.87. The normalized spacial score (nSPS) is 11.5. The molecule has 10 aromatic rings. The molecule has 0 aliphatic rings. The maximum Gasteiger partial charge on any atom is 0.148 e. The fourth-order valence-corrected chi connectivity index (χ4v) is 9.70. The fraction of sp³-hybridized carbons (Fsp3) is 0.130. The Morgan fingerprint density at radius 1 is 0.726 bits per heavy atom. The van der Waals surface area contributed by atoms with Crippen LogP contribution in [-0.2, 0) is 26.5 Å². The van der Waals surface area contributed by atoms with E-state index in [0.717, 1.165) is 62.0 Å². The second-order valence-corrected chi connectivity index (χ2v) is 21.8. The first kappa shape index (κ1) is 42.4. The van der Waals surface area contributed by atoms with Gasteiger partial charge in [0.15, 0.2) is 0 Å². The van der Waals surface area contributed by atoms with Crippen molar-refractivity contribution in [2.24, 2.45) is 5.92 Å². The number of imidazole rings is 1. The zero-order valence-corrected chi connectivity index (χ0v) is 38.7. The Bertz CT molecular complexity index is 3140. The summed E-state index contributed by atoms with van der Waals surface area (Å²) in [6, 6.07) is 54.3. The summed E-state index contributed by atoms with van der Waals surface area (Å²) in [6.07, 6.45) is 6.74. The number of hydrogen-bond acceptors (Lipinski definition) is 4. The van der Waals surface area contributed by atoms with Gasteiger partial charge in [-0.05, 0) is 64.2 Å². The minimum absolute atomic E-state index is 0. The van der Waals surface area contributed by atoms with E-state index in [0.29, 0.717) is 33.9 Å². The van der Waals surface area contributed by atoms with Crippen molar-refractivity contribution < 1.29 is 28.9 Å². The van der Waals surface area contributed by atoms with Crippen LogP contribution in [0.5, 0.6) is 0 Å². The molecular formula is C54H45FIrN4OSi-2. The van der Waals surface area contributed by atoms with Gasteiger partial charge in [-0.1, -0.05) is 135 Å². The molecule has 0 N–H and O–H groups in total. The molecule has 309 valence electrons. The summed E-state index contributed by atoms with van der Waals surface area (Å²) in [4.78, 5) is 14.0. The number of pyridine rings is 2. The van der Waals surface area contributed by atoms with Gasteiger partial charge in [-0.15, -0.1) is 54.1 Å². The van der Waals surface area contributed by atoms with Crippen LogP contribution in [0.15, 0.2) is 169 Å². The van der Waals surface area contributed by atoms with E-state index in [1.807, 2.05) is 83.4 Å². The molecule has 0 saturated heterocycles. The van der Waals surface area contributed by atoms with Crippen LogP contribution in [0.25, 0.3) is 83.6 Å². The molecule has 5 nitrogen and oxygen atoms in total. The molecule has 0 bridgehead atoms. The van der Waals surface area contributed by atoms with Crippen molar-refractivity contribution in [2.75, 3.05) is 0 Å². The Morgan fingerprint density at radius 3 is 2.21 bits per heavy atom. The van der Waals surface area contributed by atoms with Gasteiger partial charge in [0.1, 0.15) is 11.4 Å². The van der Waals surface area contributed by atoms with Crippen LogP contribution in [0, 0.1) is 23.9 Å². The number of benzene rings is 6. The van der Waals surface area contributed by atoms with Gasteiger partial charge in [-0.2, -0.15) is 0 Å². The molecule has 0 atom stereocenters. The summed E-state index contributed by atoms with van der Waals surface area (Å²) >= 11 is 0. The second kappa shape index (κ2) is 18.0. The maximum absolute atomic E-state index is 15.8. The first-order valence-electron chi connectivity index (χ1n) is 20.7. The van der Waals surface area contributed by atoms with E-state index in [2.05, 4.69) is 116 Å². The number of fused-ring (bicyclic) bond motifs is 4. The van der Waals surface area contributed by atoms with E-state index < -0.39 is 8.07 Å². The molecule has 0 saturated carbocycles. The number of halogens is 1. The van der Waals surface area contributed by atoms with E-state index in [-0.39, 0.29) is 25.9 Å². The number of para-hydroxylation sites is 1. The van der Waals surface area contributed by atoms with E-state index in [1.165, 1.54) is 16.8 Å². The summed E-state index contributed by atoms with van der Waals surface area (Å²) in [5, 5.41) is 3.30. The number of aromatic nitrogens is 4. The topological polar surface area (TPSA) is 56.7 Å². The zero-order valence-electron chi connectivity index (χ0n) is 35.3. The fourth-order valence-electron chi connectivity index (χ4n) is 8.11. The Morgan fingerprint density at radius 2 is 1.48 bits per heavy atom. The summed E-state index contributed by atoms with van der Waals surface area (Å²) in [7, 11) is -1.34. The molecule has 62 heavy (non-hydrogen) atoms. The van der Waals surface area contributed by atoms with Crippen molar-refractivity contribution in [1.82, 2.24) is 19.5 Å². The van der Waals surface area contributed by atoms with Crippen molar-refractivity contribution in [2.45, 2.75) is 39.9 Å². The minimum Gasteiger partial charge on any atom is -0.500 e. The molecule has 1 radical (unpaired) electrons. The third-order valence-corrected chi connectivity index (χ3v) is 13.0. The van der Waals surface area contributed by atoms with Crippen molar-refractivity contribution in [3.63, 3.8) is 0 Å². The average molecular weight is 1010 g/mol. The van der Waals surface area contributed by atoms with E-state index in [9.17, 15) is 0 Å². The maximum atomic E-state index is 15.8. The van der Waals surface area contributed by atoms with Crippen LogP contribution >= 0.6 is 0 Å². The van der Waals surface area contributed by atoms with Gasteiger partial charge in [0.25, 0.3) is 0 Å². The Labute approximate surface area is 376 Å². The van der Waals surface area contributed by atoms with Crippen molar-refractivity contribution in [3.05, 3.63) is 188 Å². The van der Waals surface area contributed by atoms with Gasteiger partial charge in [-0.3, -0.25) is 9.97 Å². The summed E-state index contributed by atoms with van der Waals surface area (Å²) in [5.41, 5.74) is 11.4. The van der Waals surface area contributed by atoms with Crippen LogP contribution in [0.3, 0.4) is 0 Å². The van der Waals surface area contributed by atoms with Crippen LogP contribution < -0.4 is 5.19 Å². The van der Waals surface area contributed by atoms with Crippen LogP contribution in [0.2, 0.25) is 19.6 Å². The van der Waals surface area contributed by atoms with Gasteiger partial charge in [0.05, 0.1) is 30.5 Å². The summed E-state index contributed by atoms with van der Waals surface area (Å²) < 4.78 is 24.1. The smallest absolute Gasteiger partial charge is 0.148 e. The molecule has 0 spiro atoms. The molecule has 8 heteroatoms. The van der Waals surface area contributed by atoms with Gasteiger partial charge in [0, 0.05) is 55.3 Å². The predicted molar refractivity (Wildman–Crippen MR) is 251 cm³/mol. The van der Waals surface area contributed by atoms with Gasteiger partial charge < -0.3 is 14.0 Å². The summed E-state index contributed by atoms with van der Waals surface area (Å²) in [5.74, 6) is 0.858. The van der Waals surface area contributed by atoms with Gasteiger partial charge in [-0.25, -0.2) is 4.39 Å². The predicted octanol–water partition coefficient (Wildman–Crippen LogP) is 13.6. The monoisotopic (exact) mass is 1010 g/mol. The third kappa shape index (κ3) is 8.46. The molecule has 0 aliphatic carbocycles. The van der Waals surface area contributed by atoms with Crippen molar-refractivity contribution in [3.8, 4) is 50.6 Å². The first-order valence-corrected chi connectivity index (χ1v) is 24.2. The Balaban J connectivity index is 0.000000214. The quantitative estimate of drug-likeness (QED) is 0.112. The van der Waals surface area contributed by atoms with Crippen LogP contribution in [0.1, 0.15) is 19.4 Å². The Hall–Kier alpha value is -6.31. The second-order valence-electron chi connectivity index (χ2n) is 16.8. The Kier molecular flexibility index (Phi) is 12.3. The number of rotatable bonds is 8. The molecule has 0 unspecified atom stereocenters. The molecule has 0 aliphatic heterocycles. The van der Waals surface area contributed by atoms with Crippen molar-refractivity contribution >= 4 is 46.2 Å². The zero-order chi connectivity index (χ0) is 42.1. The van der Waals surface area contributed by atoms with Crippen molar-refractivity contribution in [1.29, 1.82) is 0 Å². The van der Waals surface area contributed by atoms with E-state index >= 15 is 4.39 Å². The molecule has 0 fully saturated rings. The van der Waals surface area contributed by atoms with E-state index in [4.69, 9.17) is 9.40 Å². The standard InChI is InChI=1S/C36H21FN3O.C18H24NSi.Ir/c37-30-15-8-16-31-34(30)40(36(39-31)28-14-7-13-27-29-22-38-20-19-33(29)41-35(27)28)32-21-25(23-9-3-1-4-10-23)17-18-26(32)24-11-5-2-6-12-24;1-14(2)11-16-12-17(15-9-7-6-8-10-15)19-13-18(16)20(3,4)5;/h1-13,15-22H;6-9,12-14H,11H2,1-5H3;/q2*-1;. The number of nitrogens with zero attached hydrogens (tertiary/aromatic N) is 4. The van der Waals surface area contributed by atoms with Gasteiger partial charge in [0.2, 0.25) is 0 Å². The third-order valence-electron chi connectivity index (χ3n) is 10.9. The molecule has 0 amide bonds.